The highest BCUT2D eigenvalue weighted by Crippen LogP contribution is 2.27. The van der Waals surface area contributed by atoms with Gasteiger partial charge < -0.3 is 10.2 Å². The number of aliphatic hydroxyl groups is 1. The third-order valence-electron chi connectivity index (χ3n) is 2.93. The van der Waals surface area contributed by atoms with Crippen molar-refractivity contribution in [1.82, 2.24) is 0 Å². The average molecular weight is 225 g/mol. The molecule has 3 atom stereocenters. The summed E-state index contributed by atoms with van der Waals surface area (Å²) < 4.78 is -0.151. The van der Waals surface area contributed by atoms with Gasteiger partial charge in [0, 0.05) is 6.92 Å². The monoisotopic (exact) mass is 225 g/mol. The molecule has 5 nitrogen and oxygen atoms in total. The normalized spacial score (nSPS) is 27.3. The van der Waals surface area contributed by atoms with Gasteiger partial charge in [0.1, 0.15) is 6.20 Å². The van der Waals surface area contributed by atoms with Gasteiger partial charge in [0.2, 0.25) is 5.84 Å². The molecule has 88 valence electrons. The van der Waals surface area contributed by atoms with Crippen molar-refractivity contribution < 1.29 is 19.5 Å². The van der Waals surface area contributed by atoms with Crippen molar-refractivity contribution in [3.05, 3.63) is 25.1 Å². The molecule has 0 aliphatic carbocycles. The van der Waals surface area contributed by atoms with Crippen LogP contribution in [0.2, 0.25) is 0 Å². The van der Waals surface area contributed by atoms with Crippen molar-refractivity contribution in [2.75, 3.05) is 0 Å². The molecule has 0 amide bonds. The van der Waals surface area contributed by atoms with E-state index in [1.165, 1.54) is 6.20 Å². The van der Waals surface area contributed by atoms with Gasteiger partial charge in [-0.1, -0.05) is 6.08 Å². The van der Waals surface area contributed by atoms with E-state index in [0.29, 0.717) is 12.3 Å². The van der Waals surface area contributed by atoms with E-state index in [9.17, 15) is 9.90 Å². The van der Waals surface area contributed by atoms with Gasteiger partial charge in [0.25, 0.3) is 0 Å². The fraction of sp³-hybridized carbons (Fsp3) is 0.455. The molecule has 0 aromatic carbocycles. The lowest BCUT2D eigenvalue weighted by Crippen LogP contribution is -2.60. The van der Waals surface area contributed by atoms with Crippen LogP contribution in [0.15, 0.2) is 30.0 Å². The third-order valence-corrected chi connectivity index (χ3v) is 2.93. The molecule has 0 saturated carbocycles. The molecule has 1 aliphatic rings. The van der Waals surface area contributed by atoms with Crippen molar-refractivity contribution in [3.8, 4) is 0 Å². The Kier molecular flexibility index (Phi) is 3.62. The highest BCUT2D eigenvalue weighted by molar-refractivity contribution is 5.83. The van der Waals surface area contributed by atoms with Crippen LogP contribution in [0.4, 0.5) is 0 Å². The van der Waals surface area contributed by atoms with Crippen LogP contribution in [0, 0.1) is 0 Å². The molecule has 0 spiro atoms. The molecule has 1 aliphatic heterocycles. The third kappa shape index (κ3) is 1.79. The van der Waals surface area contributed by atoms with Crippen LogP contribution in [-0.2, 0) is 4.79 Å². The molecule has 5 heteroatoms. The Morgan fingerprint density at radius 3 is 2.75 bits per heavy atom. The molecule has 0 fully saturated rings. The minimum Gasteiger partial charge on any atom is -0.477 e. The fourth-order valence-electron chi connectivity index (χ4n) is 1.95. The molecule has 0 saturated heterocycles. The highest BCUT2D eigenvalue weighted by Gasteiger charge is 2.47. The predicted molar refractivity (Wildman–Crippen MR) is 60.4 cm³/mol. The van der Waals surface area contributed by atoms with Crippen LogP contribution in [0.3, 0.4) is 0 Å². The maximum Gasteiger partial charge on any atom is 0.363 e. The first-order valence-electron chi connectivity index (χ1n) is 5.11. The summed E-state index contributed by atoms with van der Waals surface area (Å²) in [6.07, 6.45) is 4.39. The topological polar surface area (TPSA) is 69.9 Å². The quantitative estimate of drug-likeness (QED) is 0.543. The van der Waals surface area contributed by atoms with E-state index in [1.54, 1.807) is 26.1 Å². The van der Waals surface area contributed by atoms with Gasteiger partial charge in [-0.15, -0.1) is 6.58 Å². The summed E-state index contributed by atoms with van der Waals surface area (Å²) in [6, 6.07) is -0.780. The summed E-state index contributed by atoms with van der Waals surface area (Å²) in [6.45, 7) is 6.73. The number of aliphatic carboxylic acids is 1. The van der Waals surface area contributed by atoms with Gasteiger partial charge in [-0.2, -0.15) is 0 Å². The van der Waals surface area contributed by atoms with E-state index in [4.69, 9.17) is 5.11 Å². The number of aliphatic hydroxyl groups excluding tert-OH is 1. The van der Waals surface area contributed by atoms with Crippen LogP contribution in [0.5, 0.6) is 0 Å². The van der Waals surface area contributed by atoms with Crippen molar-refractivity contribution in [2.45, 2.75) is 32.5 Å². The van der Waals surface area contributed by atoms with Crippen molar-refractivity contribution >= 4 is 11.8 Å². The summed E-state index contributed by atoms with van der Waals surface area (Å²) in [5, 5.41) is 19.0. The van der Waals surface area contributed by atoms with Crippen LogP contribution in [-0.4, -0.2) is 38.8 Å². The minimum absolute atomic E-state index is 0.151. The summed E-state index contributed by atoms with van der Waals surface area (Å²) in [5.74, 6) is -0.371. The maximum absolute atomic E-state index is 11.1. The molecular formula is C11H17N2O3+. The van der Waals surface area contributed by atoms with Gasteiger partial charge in [-0.25, -0.2) is 14.3 Å². The van der Waals surface area contributed by atoms with Crippen LogP contribution in [0.1, 0.15) is 20.3 Å². The smallest absolute Gasteiger partial charge is 0.363 e. The average Bonchev–Trinajstić information content (AvgIpc) is 2.62. The second kappa shape index (κ2) is 4.59. The number of carbonyl (C=O) groups is 1. The summed E-state index contributed by atoms with van der Waals surface area (Å²) >= 11 is 0. The van der Waals surface area contributed by atoms with Gasteiger partial charge in [0.05, 0.1) is 12.6 Å². The largest absolute Gasteiger partial charge is 0.477 e. The van der Waals surface area contributed by atoms with Gasteiger partial charge in [-0.3, -0.25) is 0 Å². The zero-order valence-electron chi connectivity index (χ0n) is 9.50. The van der Waals surface area contributed by atoms with Gasteiger partial charge in [-0.05, 0) is 6.92 Å². The number of quaternary nitrogens is 1. The lowest BCUT2D eigenvalue weighted by molar-refractivity contribution is -0.854. The second-order valence-electron chi connectivity index (χ2n) is 3.82. The number of carboxylic acids is 1. The molecule has 0 aromatic rings. The number of rotatable bonds is 5. The Morgan fingerprint density at radius 1 is 1.69 bits per heavy atom. The molecule has 0 radical (unpaired) electrons. The van der Waals surface area contributed by atoms with E-state index in [0.717, 1.165) is 0 Å². The van der Waals surface area contributed by atoms with E-state index in [2.05, 4.69) is 11.6 Å². The number of amidine groups is 1. The number of nitrogens with zero attached hydrogens (tertiary/aromatic N) is 2. The SMILES string of the molecule is C=CCC1=NC=C[N+]1(C(C)O)C(C)C(=O)O. The Morgan fingerprint density at radius 2 is 2.31 bits per heavy atom. The molecule has 2 N–H and O–H groups in total. The highest BCUT2D eigenvalue weighted by atomic mass is 16.4. The summed E-state index contributed by atoms with van der Waals surface area (Å²) in [4.78, 5) is 15.2. The molecule has 3 unspecified atom stereocenters. The first-order chi connectivity index (χ1) is 7.46. The van der Waals surface area contributed by atoms with Crippen molar-refractivity contribution in [2.24, 2.45) is 4.99 Å². The number of carboxylic acid groups (broad SMARTS) is 1. The van der Waals surface area contributed by atoms with Crippen molar-refractivity contribution in [3.63, 3.8) is 0 Å². The maximum atomic E-state index is 11.1. The molecule has 1 heterocycles. The summed E-state index contributed by atoms with van der Waals surface area (Å²) in [7, 11) is 0. The van der Waals surface area contributed by atoms with E-state index in [-0.39, 0.29) is 4.48 Å². The lowest BCUT2D eigenvalue weighted by Gasteiger charge is -2.37. The van der Waals surface area contributed by atoms with E-state index in [1.807, 2.05) is 0 Å². The molecular weight excluding hydrogens is 208 g/mol. The molecule has 0 aromatic heterocycles. The molecule has 1 rings (SSSR count). The zero-order valence-corrected chi connectivity index (χ0v) is 9.50. The number of hydrogen-bond donors (Lipinski definition) is 2. The van der Waals surface area contributed by atoms with Crippen molar-refractivity contribution in [1.29, 1.82) is 0 Å². The first-order valence-corrected chi connectivity index (χ1v) is 5.11. The van der Waals surface area contributed by atoms with Crippen LogP contribution >= 0.6 is 0 Å². The van der Waals surface area contributed by atoms with Crippen LogP contribution < -0.4 is 0 Å². The van der Waals surface area contributed by atoms with Gasteiger partial charge in [0.15, 0.2) is 12.3 Å². The number of aliphatic imine (C=N–C) groups is 1. The fourth-order valence-corrected chi connectivity index (χ4v) is 1.95. The van der Waals surface area contributed by atoms with Crippen LogP contribution in [0.25, 0.3) is 0 Å². The second-order valence-corrected chi connectivity index (χ2v) is 3.82. The lowest BCUT2D eigenvalue weighted by atomic mass is 10.1. The predicted octanol–water partition coefficient (Wildman–Crippen LogP) is 1.07. The molecule has 0 bridgehead atoms. The minimum atomic E-state index is -0.968. The Bertz CT molecular complexity index is 360. The molecule has 16 heavy (non-hydrogen) atoms. The van der Waals surface area contributed by atoms with Gasteiger partial charge >= 0.3 is 5.97 Å². The Balaban J connectivity index is 3.16. The first kappa shape index (κ1) is 12.6. The standard InChI is InChI=1S/C11H16N2O3/c1-4-5-10-12-6-7-13(10,9(3)14)8(2)11(15)16/h4,6-9,14H,1,5H2,2-3H3/p+1. The summed E-state index contributed by atoms with van der Waals surface area (Å²) in [5.41, 5.74) is 0. The van der Waals surface area contributed by atoms with E-state index < -0.39 is 18.2 Å². The number of hydrogen-bond acceptors (Lipinski definition) is 3. The zero-order chi connectivity index (χ0) is 12.3. The van der Waals surface area contributed by atoms with E-state index >= 15 is 0 Å². The Hall–Kier alpha value is -1.46. The Labute approximate surface area is 94.6 Å².